The summed E-state index contributed by atoms with van der Waals surface area (Å²) in [5, 5.41) is 14.9. The van der Waals surface area contributed by atoms with Crippen molar-refractivity contribution in [3.63, 3.8) is 0 Å². The summed E-state index contributed by atoms with van der Waals surface area (Å²) < 4.78 is 1.51. The summed E-state index contributed by atoms with van der Waals surface area (Å²) in [5.41, 5.74) is 1.37. The zero-order valence-electron chi connectivity index (χ0n) is 8.12. The standard InChI is InChI=1S/C10H9N3O2/c1-8-6-7-12(11-8)9-4-2-3-5-10(9)13(14)15/h2-7H,1H3. The first kappa shape index (κ1) is 9.39. The number of nitrogens with zero attached hydrogens (tertiary/aromatic N) is 3. The van der Waals surface area contributed by atoms with Crippen LogP contribution >= 0.6 is 0 Å². The molecule has 0 atom stereocenters. The van der Waals surface area contributed by atoms with E-state index in [9.17, 15) is 10.1 Å². The highest BCUT2D eigenvalue weighted by Gasteiger charge is 2.14. The van der Waals surface area contributed by atoms with E-state index in [1.54, 1.807) is 30.5 Å². The molecule has 0 saturated carbocycles. The van der Waals surface area contributed by atoms with E-state index in [0.29, 0.717) is 5.69 Å². The number of para-hydroxylation sites is 2. The first-order chi connectivity index (χ1) is 7.18. The SMILES string of the molecule is Cc1ccn(-c2ccccc2[N+](=O)[O-])n1. The molecule has 1 aromatic heterocycles. The van der Waals surface area contributed by atoms with Crippen molar-refractivity contribution in [2.75, 3.05) is 0 Å². The smallest absolute Gasteiger partial charge is 0.258 e. The van der Waals surface area contributed by atoms with Crippen molar-refractivity contribution in [3.8, 4) is 5.69 Å². The third kappa shape index (κ3) is 1.71. The van der Waals surface area contributed by atoms with Crippen LogP contribution in [0, 0.1) is 17.0 Å². The summed E-state index contributed by atoms with van der Waals surface area (Å²) in [6.07, 6.45) is 1.71. The monoisotopic (exact) mass is 203 g/mol. The van der Waals surface area contributed by atoms with Crippen molar-refractivity contribution >= 4 is 5.69 Å². The van der Waals surface area contributed by atoms with Gasteiger partial charge in [-0.1, -0.05) is 12.1 Å². The Morgan fingerprint density at radius 3 is 2.67 bits per heavy atom. The van der Waals surface area contributed by atoms with E-state index >= 15 is 0 Å². The number of hydrogen-bond acceptors (Lipinski definition) is 3. The second kappa shape index (κ2) is 3.53. The summed E-state index contributed by atoms with van der Waals surface area (Å²) >= 11 is 0. The fourth-order valence-electron chi connectivity index (χ4n) is 1.36. The number of nitro groups is 1. The summed E-state index contributed by atoms with van der Waals surface area (Å²) in [4.78, 5) is 10.4. The molecule has 0 aliphatic rings. The molecule has 5 nitrogen and oxygen atoms in total. The molecule has 0 unspecified atom stereocenters. The molecule has 0 amide bonds. The number of hydrogen-bond donors (Lipinski definition) is 0. The van der Waals surface area contributed by atoms with Crippen LogP contribution in [-0.4, -0.2) is 14.7 Å². The summed E-state index contributed by atoms with van der Waals surface area (Å²) in [5.74, 6) is 0. The van der Waals surface area contributed by atoms with Crippen molar-refractivity contribution in [2.45, 2.75) is 6.92 Å². The fraction of sp³-hybridized carbons (Fsp3) is 0.100. The Bertz CT molecular complexity index is 505. The van der Waals surface area contributed by atoms with Gasteiger partial charge >= 0.3 is 0 Å². The fourth-order valence-corrected chi connectivity index (χ4v) is 1.36. The van der Waals surface area contributed by atoms with Gasteiger partial charge in [0.05, 0.1) is 10.6 Å². The highest BCUT2D eigenvalue weighted by molar-refractivity contribution is 5.51. The lowest BCUT2D eigenvalue weighted by Gasteiger charge is -2.01. The minimum atomic E-state index is -0.410. The van der Waals surface area contributed by atoms with Crippen LogP contribution in [0.4, 0.5) is 5.69 Å². The average molecular weight is 203 g/mol. The van der Waals surface area contributed by atoms with Crippen LogP contribution in [0.5, 0.6) is 0 Å². The van der Waals surface area contributed by atoms with Crippen molar-refractivity contribution in [3.05, 3.63) is 52.3 Å². The van der Waals surface area contributed by atoms with Crippen LogP contribution in [0.1, 0.15) is 5.69 Å². The lowest BCUT2D eigenvalue weighted by Crippen LogP contribution is -2.00. The predicted octanol–water partition coefficient (Wildman–Crippen LogP) is 2.09. The van der Waals surface area contributed by atoms with Crippen LogP contribution < -0.4 is 0 Å². The van der Waals surface area contributed by atoms with Gasteiger partial charge in [-0.15, -0.1) is 0 Å². The molecule has 1 heterocycles. The molecular weight excluding hydrogens is 194 g/mol. The van der Waals surface area contributed by atoms with Gasteiger partial charge in [0.25, 0.3) is 5.69 Å². The molecule has 0 aliphatic carbocycles. The van der Waals surface area contributed by atoms with Crippen LogP contribution in [0.25, 0.3) is 5.69 Å². The molecule has 5 heteroatoms. The van der Waals surface area contributed by atoms with Gasteiger partial charge in [-0.3, -0.25) is 10.1 Å². The molecule has 76 valence electrons. The third-order valence-electron chi connectivity index (χ3n) is 2.05. The zero-order valence-corrected chi connectivity index (χ0v) is 8.12. The molecule has 2 rings (SSSR count). The van der Waals surface area contributed by atoms with Gasteiger partial charge in [0.15, 0.2) is 0 Å². The minimum absolute atomic E-state index is 0.0561. The topological polar surface area (TPSA) is 61.0 Å². The summed E-state index contributed by atoms with van der Waals surface area (Å²) in [6.45, 7) is 1.84. The maximum absolute atomic E-state index is 10.8. The van der Waals surface area contributed by atoms with Crippen molar-refractivity contribution < 1.29 is 4.92 Å². The average Bonchev–Trinajstić information content (AvgIpc) is 2.65. The number of aryl methyl sites for hydroxylation is 1. The van der Waals surface area contributed by atoms with Crippen LogP contribution in [0.2, 0.25) is 0 Å². The largest absolute Gasteiger partial charge is 0.294 e. The lowest BCUT2D eigenvalue weighted by molar-refractivity contribution is -0.384. The molecule has 2 aromatic rings. The Kier molecular flexibility index (Phi) is 2.21. The molecule has 0 radical (unpaired) electrons. The Morgan fingerprint density at radius 1 is 1.33 bits per heavy atom. The molecule has 0 fully saturated rings. The van der Waals surface area contributed by atoms with E-state index in [0.717, 1.165) is 5.69 Å². The molecule has 0 spiro atoms. The quantitative estimate of drug-likeness (QED) is 0.554. The maximum Gasteiger partial charge on any atom is 0.294 e. The van der Waals surface area contributed by atoms with E-state index in [2.05, 4.69) is 5.10 Å². The van der Waals surface area contributed by atoms with Crippen molar-refractivity contribution in [1.29, 1.82) is 0 Å². The van der Waals surface area contributed by atoms with Gasteiger partial charge in [-0.2, -0.15) is 5.10 Å². The number of benzene rings is 1. The van der Waals surface area contributed by atoms with E-state index in [-0.39, 0.29) is 5.69 Å². The highest BCUT2D eigenvalue weighted by atomic mass is 16.6. The van der Waals surface area contributed by atoms with E-state index < -0.39 is 4.92 Å². The Balaban J connectivity index is 2.57. The van der Waals surface area contributed by atoms with E-state index in [1.165, 1.54) is 10.7 Å². The van der Waals surface area contributed by atoms with Gasteiger partial charge in [0, 0.05) is 12.3 Å². The summed E-state index contributed by atoms with van der Waals surface area (Å²) in [6, 6.07) is 8.32. The highest BCUT2D eigenvalue weighted by Crippen LogP contribution is 2.21. The normalized spacial score (nSPS) is 10.2. The van der Waals surface area contributed by atoms with E-state index in [1.807, 2.05) is 6.92 Å². The maximum atomic E-state index is 10.8. The van der Waals surface area contributed by atoms with Gasteiger partial charge in [0.1, 0.15) is 5.69 Å². The van der Waals surface area contributed by atoms with Gasteiger partial charge in [0.2, 0.25) is 0 Å². The number of rotatable bonds is 2. The number of nitro benzene ring substituents is 1. The predicted molar refractivity (Wildman–Crippen MR) is 55.0 cm³/mol. The van der Waals surface area contributed by atoms with Crippen molar-refractivity contribution in [2.24, 2.45) is 0 Å². The Labute approximate surface area is 86.1 Å². The molecule has 1 aromatic carbocycles. The first-order valence-electron chi connectivity index (χ1n) is 4.44. The Morgan fingerprint density at radius 2 is 2.07 bits per heavy atom. The second-order valence-corrected chi connectivity index (χ2v) is 3.15. The molecule has 0 aliphatic heterocycles. The number of aromatic nitrogens is 2. The second-order valence-electron chi connectivity index (χ2n) is 3.15. The van der Waals surface area contributed by atoms with Gasteiger partial charge < -0.3 is 0 Å². The molecule has 0 saturated heterocycles. The Hall–Kier alpha value is -2.17. The van der Waals surface area contributed by atoms with Crippen molar-refractivity contribution in [1.82, 2.24) is 9.78 Å². The zero-order chi connectivity index (χ0) is 10.8. The summed E-state index contributed by atoms with van der Waals surface area (Å²) in [7, 11) is 0. The van der Waals surface area contributed by atoms with Crippen LogP contribution in [0.15, 0.2) is 36.5 Å². The van der Waals surface area contributed by atoms with E-state index in [4.69, 9.17) is 0 Å². The van der Waals surface area contributed by atoms with Gasteiger partial charge in [-0.05, 0) is 19.1 Å². The molecule has 15 heavy (non-hydrogen) atoms. The van der Waals surface area contributed by atoms with Crippen LogP contribution in [0.3, 0.4) is 0 Å². The first-order valence-corrected chi connectivity index (χ1v) is 4.44. The molecule has 0 N–H and O–H groups in total. The minimum Gasteiger partial charge on any atom is -0.258 e. The third-order valence-corrected chi connectivity index (χ3v) is 2.05. The molecular formula is C10H9N3O2. The van der Waals surface area contributed by atoms with Gasteiger partial charge in [-0.25, -0.2) is 4.68 Å². The lowest BCUT2D eigenvalue weighted by atomic mass is 10.3. The van der Waals surface area contributed by atoms with Crippen LogP contribution in [-0.2, 0) is 0 Å². The molecule has 0 bridgehead atoms.